The first-order valence-corrected chi connectivity index (χ1v) is 5.39. The molecule has 86 valence electrons. The topological polar surface area (TPSA) is 91.2 Å². The molecule has 1 heterocycles. The normalized spacial score (nSPS) is 16.2. The van der Waals surface area contributed by atoms with E-state index >= 15 is 0 Å². The molecule has 4 N–H and O–H groups in total. The van der Waals surface area contributed by atoms with E-state index in [2.05, 4.69) is 4.98 Å². The number of carbonyl (C=O) groups is 1. The lowest BCUT2D eigenvalue weighted by Gasteiger charge is -2.14. The average Bonchev–Trinajstić information content (AvgIpc) is 2.73. The van der Waals surface area contributed by atoms with E-state index in [0.29, 0.717) is 11.6 Å². The molecule has 0 atom stereocenters. The van der Waals surface area contributed by atoms with Crippen LogP contribution in [0.3, 0.4) is 0 Å². The van der Waals surface area contributed by atoms with Crippen molar-refractivity contribution in [3.05, 3.63) is 17.8 Å². The maximum absolute atomic E-state index is 11.2. The first-order chi connectivity index (χ1) is 7.66. The molecule has 1 amide bonds. The average molecular weight is 221 g/mol. The summed E-state index contributed by atoms with van der Waals surface area (Å²) in [7, 11) is 0. The first kappa shape index (κ1) is 10.7. The van der Waals surface area contributed by atoms with E-state index in [1.807, 2.05) is 0 Å². The van der Waals surface area contributed by atoms with Crippen LogP contribution in [0.25, 0.3) is 0 Å². The van der Waals surface area contributed by atoms with Crippen molar-refractivity contribution in [2.75, 3.05) is 5.73 Å². The molecule has 1 aliphatic rings. The van der Waals surface area contributed by atoms with Crippen LogP contribution in [0.2, 0.25) is 0 Å². The third-order valence-corrected chi connectivity index (χ3v) is 2.72. The van der Waals surface area contributed by atoms with Gasteiger partial charge in [-0.2, -0.15) is 0 Å². The summed E-state index contributed by atoms with van der Waals surface area (Å²) in [5.41, 5.74) is 11.5. The van der Waals surface area contributed by atoms with Gasteiger partial charge in [-0.05, 0) is 31.7 Å². The summed E-state index contributed by atoms with van der Waals surface area (Å²) in [5.74, 6) is -0.263. The summed E-state index contributed by atoms with van der Waals surface area (Å²) in [6, 6.07) is 1.50. The number of primary amides is 1. The Morgan fingerprint density at radius 2 is 2.12 bits per heavy atom. The minimum absolute atomic E-state index is 0.147. The van der Waals surface area contributed by atoms with Gasteiger partial charge >= 0.3 is 0 Å². The smallest absolute Gasteiger partial charge is 0.254 e. The Balaban J connectivity index is 2.21. The molecule has 0 aliphatic heterocycles. The number of rotatable bonds is 3. The largest absolute Gasteiger partial charge is 0.474 e. The van der Waals surface area contributed by atoms with Crippen LogP contribution in [0.4, 0.5) is 5.69 Å². The van der Waals surface area contributed by atoms with E-state index in [1.54, 1.807) is 0 Å². The molecule has 16 heavy (non-hydrogen) atoms. The highest BCUT2D eigenvalue weighted by Gasteiger charge is 2.20. The van der Waals surface area contributed by atoms with Crippen LogP contribution in [-0.2, 0) is 0 Å². The van der Waals surface area contributed by atoms with Crippen molar-refractivity contribution in [3.63, 3.8) is 0 Å². The molecule has 0 bridgehead atoms. The van der Waals surface area contributed by atoms with Crippen LogP contribution in [0.5, 0.6) is 5.88 Å². The van der Waals surface area contributed by atoms with E-state index in [0.717, 1.165) is 25.7 Å². The van der Waals surface area contributed by atoms with E-state index in [9.17, 15) is 4.79 Å². The molecule has 1 aliphatic carbocycles. The third-order valence-electron chi connectivity index (χ3n) is 2.72. The number of pyridine rings is 1. The molecule has 1 saturated carbocycles. The maximum Gasteiger partial charge on any atom is 0.254 e. The van der Waals surface area contributed by atoms with E-state index in [4.69, 9.17) is 16.2 Å². The fourth-order valence-electron chi connectivity index (χ4n) is 1.90. The molecule has 0 aromatic carbocycles. The highest BCUT2D eigenvalue weighted by molar-refractivity contribution is 5.95. The summed E-state index contributed by atoms with van der Waals surface area (Å²) in [5, 5.41) is 0. The molecule has 0 radical (unpaired) electrons. The number of aromatic nitrogens is 1. The maximum atomic E-state index is 11.2. The fourth-order valence-corrected chi connectivity index (χ4v) is 1.90. The molecule has 0 unspecified atom stereocenters. The van der Waals surface area contributed by atoms with Crippen LogP contribution in [-0.4, -0.2) is 17.0 Å². The number of hydrogen-bond acceptors (Lipinski definition) is 4. The second kappa shape index (κ2) is 4.38. The van der Waals surface area contributed by atoms with Gasteiger partial charge in [-0.1, -0.05) is 0 Å². The first-order valence-electron chi connectivity index (χ1n) is 5.39. The minimum atomic E-state index is -0.562. The monoisotopic (exact) mass is 221 g/mol. The van der Waals surface area contributed by atoms with Crippen molar-refractivity contribution in [1.82, 2.24) is 4.98 Å². The molecule has 1 fully saturated rings. The number of carbonyl (C=O) groups excluding carboxylic acids is 1. The Labute approximate surface area is 93.8 Å². The van der Waals surface area contributed by atoms with Gasteiger partial charge in [-0.3, -0.25) is 4.79 Å². The van der Waals surface area contributed by atoms with Crippen LogP contribution < -0.4 is 16.2 Å². The second-order valence-corrected chi connectivity index (χ2v) is 4.01. The van der Waals surface area contributed by atoms with Gasteiger partial charge in [-0.25, -0.2) is 4.98 Å². The summed E-state index contributed by atoms with van der Waals surface area (Å²) < 4.78 is 5.66. The molecule has 1 aromatic rings. The number of anilines is 1. The Kier molecular flexibility index (Phi) is 2.94. The van der Waals surface area contributed by atoms with Gasteiger partial charge in [-0.15, -0.1) is 0 Å². The van der Waals surface area contributed by atoms with Crippen molar-refractivity contribution < 1.29 is 9.53 Å². The van der Waals surface area contributed by atoms with E-state index in [1.165, 1.54) is 12.3 Å². The van der Waals surface area contributed by atoms with Crippen molar-refractivity contribution in [2.24, 2.45) is 5.73 Å². The quantitative estimate of drug-likeness (QED) is 0.799. The fraction of sp³-hybridized carbons (Fsp3) is 0.455. The molecule has 2 rings (SSSR count). The van der Waals surface area contributed by atoms with Crippen molar-refractivity contribution in [3.8, 4) is 5.88 Å². The Morgan fingerprint density at radius 3 is 2.75 bits per heavy atom. The Morgan fingerprint density at radius 1 is 1.44 bits per heavy atom. The van der Waals surface area contributed by atoms with Gasteiger partial charge in [0.15, 0.2) is 0 Å². The molecule has 1 aromatic heterocycles. The number of nitrogen functional groups attached to an aromatic ring is 1. The standard InChI is InChI=1S/C11H15N3O2/c12-7-5-9(10(13)15)11(14-6-7)16-8-3-1-2-4-8/h5-6,8H,1-4,12H2,(H2,13,15). The Hall–Kier alpha value is -1.78. The molecule has 5 heteroatoms. The van der Waals surface area contributed by atoms with Gasteiger partial charge in [0.25, 0.3) is 5.91 Å². The van der Waals surface area contributed by atoms with E-state index in [-0.39, 0.29) is 11.7 Å². The predicted molar refractivity (Wildman–Crippen MR) is 60.1 cm³/mol. The van der Waals surface area contributed by atoms with E-state index < -0.39 is 5.91 Å². The van der Waals surface area contributed by atoms with Crippen LogP contribution in [0.1, 0.15) is 36.0 Å². The zero-order chi connectivity index (χ0) is 11.5. The summed E-state index contributed by atoms with van der Waals surface area (Å²) >= 11 is 0. The van der Waals surface area contributed by atoms with Gasteiger partial charge in [0.1, 0.15) is 11.7 Å². The predicted octanol–water partition coefficient (Wildman–Crippen LogP) is 1.08. The van der Waals surface area contributed by atoms with Gasteiger partial charge < -0.3 is 16.2 Å². The lowest BCUT2D eigenvalue weighted by atomic mass is 10.2. The summed E-state index contributed by atoms with van der Waals surface area (Å²) in [6.07, 6.45) is 5.94. The minimum Gasteiger partial charge on any atom is -0.474 e. The highest BCUT2D eigenvalue weighted by Crippen LogP contribution is 2.25. The molecule has 0 spiro atoms. The van der Waals surface area contributed by atoms with Crippen molar-refractivity contribution in [2.45, 2.75) is 31.8 Å². The van der Waals surface area contributed by atoms with Crippen LogP contribution >= 0.6 is 0 Å². The van der Waals surface area contributed by atoms with Crippen LogP contribution in [0, 0.1) is 0 Å². The summed E-state index contributed by atoms with van der Waals surface area (Å²) in [6.45, 7) is 0. The van der Waals surface area contributed by atoms with Crippen molar-refractivity contribution >= 4 is 11.6 Å². The van der Waals surface area contributed by atoms with Gasteiger partial charge in [0.05, 0.1) is 11.9 Å². The summed E-state index contributed by atoms with van der Waals surface area (Å²) in [4.78, 5) is 15.2. The number of ether oxygens (including phenoxy) is 1. The molecule has 0 saturated heterocycles. The van der Waals surface area contributed by atoms with Crippen LogP contribution in [0.15, 0.2) is 12.3 Å². The lowest BCUT2D eigenvalue weighted by Crippen LogP contribution is -2.18. The lowest BCUT2D eigenvalue weighted by molar-refractivity contribution is 0.0991. The number of hydrogen-bond donors (Lipinski definition) is 2. The Bertz CT molecular complexity index is 400. The number of nitrogens with two attached hydrogens (primary N) is 2. The molecule has 5 nitrogen and oxygen atoms in total. The third kappa shape index (κ3) is 2.24. The SMILES string of the molecule is NC(=O)c1cc(N)cnc1OC1CCCC1. The van der Waals surface area contributed by atoms with Gasteiger partial charge in [0, 0.05) is 0 Å². The zero-order valence-electron chi connectivity index (χ0n) is 8.98. The highest BCUT2D eigenvalue weighted by atomic mass is 16.5. The molecular weight excluding hydrogens is 206 g/mol. The molecular formula is C11H15N3O2. The number of nitrogens with zero attached hydrogens (tertiary/aromatic N) is 1. The zero-order valence-corrected chi connectivity index (χ0v) is 8.98. The van der Waals surface area contributed by atoms with Gasteiger partial charge in [0.2, 0.25) is 5.88 Å². The second-order valence-electron chi connectivity index (χ2n) is 4.01. The number of amides is 1. The van der Waals surface area contributed by atoms with Crippen molar-refractivity contribution in [1.29, 1.82) is 0 Å².